The topological polar surface area (TPSA) is 63.8 Å². The Kier molecular flexibility index (Phi) is 4.20. The molecule has 5 heteroatoms. The number of hydrogen-bond acceptors (Lipinski definition) is 4. The Morgan fingerprint density at radius 1 is 1.17 bits per heavy atom. The van der Waals surface area contributed by atoms with Crippen molar-refractivity contribution in [3.63, 3.8) is 0 Å². The Labute approximate surface area is 105 Å². The van der Waals surface area contributed by atoms with E-state index in [1.54, 1.807) is 18.3 Å². The van der Waals surface area contributed by atoms with Crippen LogP contribution in [0.1, 0.15) is 11.3 Å². The minimum Gasteiger partial charge on any atom is -0.353 e. The van der Waals surface area contributed by atoms with Gasteiger partial charge in [0.1, 0.15) is 5.82 Å². The molecule has 0 saturated heterocycles. The van der Waals surface area contributed by atoms with Crippen LogP contribution < -0.4 is 11.1 Å². The fraction of sp³-hybridized carbons (Fsp3) is 0.231. The molecule has 0 amide bonds. The molecule has 1 aromatic heterocycles. The third kappa shape index (κ3) is 3.49. The Bertz CT molecular complexity index is 499. The number of nitrogens with two attached hydrogens (primary N) is 1. The van der Waals surface area contributed by atoms with Gasteiger partial charge in [-0.3, -0.25) is 0 Å². The number of nitrogens with zero attached hydrogens (tertiary/aromatic N) is 2. The zero-order valence-electron chi connectivity index (χ0n) is 9.94. The molecule has 0 aliphatic carbocycles. The smallest absolute Gasteiger partial charge is 0.222 e. The SMILES string of the molecule is NCCNc1nccc(Cc2ccc(F)cc2)n1. The van der Waals surface area contributed by atoms with Crippen LogP contribution >= 0.6 is 0 Å². The van der Waals surface area contributed by atoms with E-state index in [1.807, 2.05) is 6.07 Å². The predicted molar refractivity (Wildman–Crippen MR) is 68.8 cm³/mol. The summed E-state index contributed by atoms with van der Waals surface area (Å²) in [7, 11) is 0. The zero-order chi connectivity index (χ0) is 12.8. The highest BCUT2D eigenvalue weighted by atomic mass is 19.1. The van der Waals surface area contributed by atoms with Crippen LogP contribution in [0.4, 0.5) is 10.3 Å². The van der Waals surface area contributed by atoms with Crippen molar-refractivity contribution in [1.82, 2.24) is 9.97 Å². The third-order valence-corrected chi connectivity index (χ3v) is 2.44. The van der Waals surface area contributed by atoms with Gasteiger partial charge in [0.2, 0.25) is 5.95 Å². The van der Waals surface area contributed by atoms with Crippen LogP contribution in [0, 0.1) is 5.82 Å². The third-order valence-electron chi connectivity index (χ3n) is 2.44. The maximum atomic E-state index is 12.8. The van der Waals surface area contributed by atoms with Gasteiger partial charge in [0, 0.05) is 25.7 Å². The lowest BCUT2D eigenvalue weighted by atomic mass is 10.1. The summed E-state index contributed by atoms with van der Waals surface area (Å²) in [6.07, 6.45) is 2.35. The minimum atomic E-state index is -0.230. The van der Waals surface area contributed by atoms with E-state index in [0.29, 0.717) is 25.5 Å². The van der Waals surface area contributed by atoms with E-state index in [-0.39, 0.29) is 5.82 Å². The molecule has 0 spiro atoms. The lowest BCUT2D eigenvalue weighted by molar-refractivity contribution is 0.627. The molecular formula is C13H15FN4. The lowest BCUT2D eigenvalue weighted by Gasteiger charge is -2.05. The molecule has 0 aliphatic heterocycles. The molecule has 18 heavy (non-hydrogen) atoms. The molecule has 0 fully saturated rings. The van der Waals surface area contributed by atoms with Crippen LogP contribution in [-0.2, 0) is 6.42 Å². The molecule has 0 aliphatic rings. The normalized spacial score (nSPS) is 10.3. The molecule has 2 aromatic rings. The summed E-state index contributed by atoms with van der Waals surface area (Å²) in [5, 5.41) is 3.02. The molecule has 3 N–H and O–H groups in total. The molecule has 94 valence electrons. The first-order valence-electron chi connectivity index (χ1n) is 5.78. The molecular weight excluding hydrogens is 231 g/mol. The predicted octanol–water partition coefficient (Wildman–Crippen LogP) is 1.58. The van der Waals surface area contributed by atoms with Gasteiger partial charge in [0.05, 0.1) is 5.69 Å². The maximum Gasteiger partial charge on any atom is 0.222 e. The largest absolute Gasteiger partial charge is 0.353 e. The van der Waals surface area contributed by atoms with Crippen LogP contribution in [0.15, 0.2) is 36.5 Å². The Morgan fingerprint density at radius 3 is 2.67 bits per heavy atom. The fourth-order valence-electron chi connectivity index (χ4n) is 1.58. The molecule has 1 heterocycles. The van der Waals surface area contributed by atoms with E-state index in [0.717, 1.165) is 11.3 Å². The first kappa shape index (κ1) is 12.4. The van der Waals surface area contributed by atoms with E-state index in [4.69, 9.17) is 5.73 Å². The summed E-state index contributed by atoms with van der Waals surface area (Å²) < 4.78 is 12.8. The van der Waals surface area contributed by atoms with Gasteiger partial charge in [-0.05, 0) is 23.8 Å². The van der Waals surface area contributed by atoms with Gasteiger partial charge in [-0.2, -0.15) is 0 Å². The molecule has 0 radical (unpaired) electrons. The van der Waals surface area contributed by atoms with Crippen molar-refractivity contribution in [3.05, 3.63) is 53.6 Å². The van der Waals surface area contributed by atoms with Gasteiger partial charge >= 0.3 is 0 Å². The van der Waals surface area contributed by atoms with Crippen molar-refractivity contribution in [2.24, 2.45) is 5.73 Å². The van der Waals surface area contributed by atoms with Crippen LogP contribution in [-0.4, -0.2) is 23.1 Å². The van der Waals surface area contributed by atoms with E-state index in [2.05, 4.69) is 15.3 Å². The van der Waals surface area contributed by atoms with Crippen LogP contribution in [0.2, 0.25) is 0 Å². The number of halogens is 1. The van der Waals surface area contributed by atoms with E-state index < -0.39 is 0 Å². The summed E-state index contributed by atoms with van der Waals surface area (Å²) in [5.74, 6) is 0.340. The Hall–Kier alpha value is -2.01. The summed E-state index contributed by atoms with van der Waals surface area (Å²) in [5.41, 5.74) is 7.30. The Morgan fingerprint density at radius 2 is 1.94 bits per heavy atom. The zero-order valence-corrected chi connectivity index (χ0v) is 9.94. The Balaban J connectivity index is 2.06. The molecule has 0 saturated carbocycles. The monoisotopic (exact) mass is 246 g/mol. The van der Waals surface area contributed by atoms with Gasteiger partial charge in [-0.15, -0.1) is 0 Å². The molecule has 0 unspecified atom stereocenters. The van der Waals surface area contributed by atoms with E-state index >= 15 is 0 Å². The molecule has 0 bridgehead atoms. The van der Waals surface area contributed by atoms with Gasteiger partial charge in [0.15, 0.2) is 0 Å². The second kappa shape index (κ2) is 6.07. The number of rotatable bonds is 5. The average Bonchev–Trinajstić information content (AvgIpc) is 2.40. The summed E-state index contributed by atoms with van der Waals surface area (Å²) in [6.45, 7) is 1.17. The molecule has 4 nitrogen and oxygen atoms in total. The van der Waals surface area contributed by atoms with Gasteiger partial charge in [-0.1, -0.05) is 12.1 Å². The quantitative estimate of drug-likeness (QED) is 0.840. The van der Waals surface area contributed by atoms with Crippen molar-refractivity contribution >= 4 is 5.95 Å². The summed E-state index contributed by atoms with van der Waals surface area (Å²) in [6, 6.07) is 8.25. The maximum absolute atomic E-state index is 12.8. The van der Waals surface area contributed by atoms with Crippen molar-refractivity contribution < 1.29 is 4.39 Å². The van der Waals surface area contributed by atoms with E-state index in [1.165, 1.54) is 12.1 Å². The molecule has 0 atom stereocenters. The highest BCUT2D eigenvalue weighted by Crippen LogP contribution is 2.09. The van der Waals surface area contributed by atoms with Crippen molar-refractivity contribution in [3.8, 4) is 0 Å². The minimum absolute atomic E-state index is 0.230. The highest BCUT2D eigenvalue weighted by molar-refractivity contribution is 5.28. The second-order valence-electron chi connectivity index (χ2n) is 3.89. The second-order valence-corrected chi connectivity index (χ2v) is 3.89. The van der Waals surface area contributed by atoms with Crippen LogP contribution in [0.25, 0.3) is 0 Å². The summed E-state index contributed by atoms with van der Waals surface area (Å²) in [4.78, 5) is 8.45. The fourth-order valence-corrected chi connectivity index (χ4v) is 1.58. The number of hydrogen-bond donors (Lipinski definition) is 2. The van der Waals surface area contributed by atoms with Crippen molar-refractivity contribution in [2.45, 2.75) is 6.42 Å². The van der Waals surface area contributed by atoms with E-state index in [9.17, 15) is 4.39 Å². The van der Waals surface area contributed by atoms with Crippen molar-refractivity contribution in [1.29, 1.82) is 0 Å². The van der Waals surface area contributed by atoms with Gasteiger partial charge in [0.25, 0.3) is 0 Å². The van der Waals surface area contributed by atoms with Crippen LogP contribution in [0.3, 0.4) is 0 Å². The number of anilines is 1. The number of aromatic nitrogens is 2. The lowest BCUT2D eigenvalue weighted by Crippen LogP contribution is -2.15. The van der Waals surface area contributed by atoms with Crippen LogP contribution in [0.5, 0.6) is 0 Å². The summed E-state index contributed by atoms with van der Waals surface area (Å²) >= 11 is 0. The number of nitrogens with one attached hydrogen (secondary N) is 1. The average molecular weight is 246 g/mol. The van der Waals surface area contributed by atoms with Crippen molar-refractivity contribution in [2.75, 3.05) is 18.4 Å². The standard InChI is InChI=1S/C13H15FN4/c14-11-3-1-10(2-4-11)9-12-5-7-16-13(18-12)17-8-6-15/h1-5,7H,6,8-9,15H2,(H,16,17,18). The molecule has 2 rings (SSSR count). The highest BCUT2D eigenvalue weighted by Gasteiger charge is 2.01. The first-order chi connectivity index (χ1) is 8.78. The first-order valence-corrected chi connectivity index (χ1v) is 5.78. The molecule has 1 aromatic carbocycles. The van der Waals surface area contributed by atoms with Gasteiger partial charge in [-0.25, -0.2) is 14.4 Å². The van der Waals surface area contributed by atoms with Gasteiger partial charge < -0.3 is 11.1 Å². The number of benzene rings is 1.